The summed E-state index contributed by atoms with van der Waals surface area (Å²) in [5, 5.41) is 12.5. The van der Waals surface area contributed by atoms with Crippen molar-refractivity contribution in [2.75, 3.05) is 13.1 Å². The summed E-state index contributed by atoms with van der Waals surface area (Å²) in [5.74, 6) is 0. The number of benzene rings is 1. The Labute approximate surface area is 113 Å². The van der Waals surface area contributed by atoms with Crippen LogP contribution in [0.5, 0.6) is 0 Å². The van der Waals surface area contributed by atoms with E-state index in [0.29, 0.717) is 13.0 Å². The van der Waals surface area contributed by atoms with Gasteiger partial charge in [0.1, 0.15) is 26.3 Å². The minimum Gasteiger partial charge on any atom is -0.445 e. The molecule has 1 aliphatic heterocycles. The van der Waals surface area contributed by atoms with Crippen LogP contribution in [0.15, 0.2) is 30.3 Å². The van der Waals surface area contributed by atoms with Crippen molar-refractivity contribution in [3.05, 3.63) is 42.9 Å². The summed E-state index contributed by atoms with van der Waals surface area (Å²) in [6, 6.07) is 9.25. The van der Waals surface area contributed by atoms with Gasteiger partial charge in [-0.05, 0) is 5.56 Å². The molecule has 103 valence electrons. The van der Waals surface area contributed by atoms with Gasteiger partial charge in [0.05, 0.1) is 12.6 Å². The van der Waals surface area contributed by atoms with Crippen molar-refractivity contribution < 1.29 is 19.5 Å². The van der Waals surface area contributed by atoms with E-state index >= 15 is 0 Å². The fourth-order valence-electron chi connectivity index (χ4n) is 2.18. The average Bonchev–Trinajstić information content (AvgIpc) is 2.41. The molecule has 5 nitrogen and oxygen atoms in total. The van der Waals surface area contributed by atoms with Gasteiger partial charge in [0.15, 0.2) is 0 Å². The average molecular weight is 264 g/mol. The largest absolute Gasteiger partial charge is 0.445 e. The smallest absolute Gasteiger partial charge is 0.407 e. The molecule has 3 atom stereocenters. The molecule has 0 aliphatic carbocycles. The fraction of sp³-hybridized carbons (Fsp3) is 0.429. The van der Waals surface area contributed by atoms with Gasteiger partial charge in [0, 0.05) is 6.42 Å². The molecule has 5 heteroatoms. The van der Waals surface area contributed by atoms with Gasteiger partial charge in [0.2, 0.25) is 0 Å². The second-order valence-electron chi connectivity index (χ2n) is 4.87. The van der Waals surface area contributed by atoms with Crippen LogP contribution >= 0.6 is 0 Å². The molecule has 1 radical (unpaired) electrons. The number of likely N-dealkylation sites (tertiary alicyclic amines) is 1. The Kier molecular flexibility index (Phi) is 4.76. The molecule has 1 aromatic carbocycles. The van der Waals surface area contributed by atoms with Crippen molar-refractivity contribution in [2.45, 2.75) is 25.2 Å². The maximum absolute atomic E-state index is 11.6. The number of nitrogens with one attached hydrogen (secondary N) is 2. The van der Waals surface area contributed by atoms with Gasteiger partial charge in [-0.3, -0.25) is 0 Å². The number of ether oxygens (including phenoxy) is 1. The number of amides is 1. The minimum atomic E-state index is -0.564. The predicted octanol–water partition coefficient (Wildman–Crippen LogP) is -0.278. The van der Waals surface area contributed by atoms with Gasteiger partial charge in [-0.1, -0.05) is 30.3 Å². The van der Waals surface area contributed by atoms with Gasteiger partial charge in [-0.2, -0.15) is 0 Å². The number of hydrogen-bond acceptors (Lipinski definition) is 3. The van der Waals surface area contributed by atoms with E-state index in [2.05, 4.69) is 12.4 Å². The number of carbonyl (C=O) groups excluding carboxylic acids is 1. The number of alkyl carbamates (subject to hydrolysis) is 1. The molecule has 0 spiro atoms. The third-order valence-electron chi connectivity index (χ3n) is 3.29. The Hall–Kier alpha value is -1.59. The second kappa shape index (κ2) is 6.54. The van der Waals surface area contributed by atoms with Crippen LogP contribution in [-0.4, -0.2) is 36.4 Å². The molecule has 2 rings (SSSR count). The van der Waals surface area contributed by atoms with E-state index in [-0.39, 0.29) is 12.6 Å². The molecule has 3 N–H and O–H groups in total. The number of rotatable bonds is 3. The quantitative estimate of drug-likeness (QED) is 0.704. The second-order valence-corrected chi connectivity index (χ2v) is 4.87. The first kappa shape index (κ1) is 13.8. The van der Waals surface area contributed by atoms with Crippen molar-refractivity contribution in [3.63, 3.8) is 0 Å². The molecule has 19 heavy (non-hydrogen) atoms. The van der Waals surface area contributed by atoms with Crippen LogP contribution in [-0.2, 0) is 11.3 Å². The Balaban J connectivity index is 1.75. The molecule has 1 aromatic rings. The number of carbonyl (C=O) groups is 1. The number of quaternary nitrogens is 1. The minimum absolute atomic E-state index is 0.238. The molecule has 0 saturated carbocycles. The van der Waals surface area contributed by atoms with E-state index in [1.165, 1.54) is 0 Å². The summed E-state index contributed by atoms with van der Waals surface area (Å²) in [6.45, 7) is 1.62. The Morgan fingerprint density at radius 3 is 2.89 bits per heavy atom. The van der Waals surface area contributed by atoms with Crippen molar-refractivity contribution in [3.8, 4) is 0 Å². The van der Waals surface area contributed by atoms with Gasteiger partial charge < -0.3 is 20.1 Å². The molecular weight excluding hydrogens is 244 g/mol. The predicted molar refractivity (Wildman–Crippen MR) is 70.2 cm³/mol. The zero-order valence-corrected chi connectivity index (χ0v) is 10.8. The van der Waals surface area contributed by atoms with E-state index in [1.54, 1.807) is 0 Å². The van der Waals surface area contributed by atoms with Crippen LogP contribution in [0, 0.1) is 7.05 Å². The number of piperidine rings is 1. The van der Waals surface area contributed by atoms with E-state index in [9.17, 15) is 9.90 Å². The Morgan fingerprint density at radius 1 is 1.47 bits per heavy atom. The summed E-state index contributed by atoms with van der Waals surface area (Å²) in [6.07, 6.45) is -0.341. The van der Waals surface area contributed by atoms with Crippen molar-refractivity contribution in [2.24, 2.45) is 0 Å². The summed E-state index contributed by atoms with van der Waals surface area (Å²) < 4.78 is 5.12. The zero-order chi connectivity index (χ0) is 13.7. The molecule has 3 unspecified atom stereocenters. The van der Waals surface area contributed by atoms with Gasteiger partial charge in [0.25, 0.3) is 0 Å². The van der Waals surface area contributed by atoms with Crippen LogP contribution in [0.3, 0.4) is 0 Å². The molecule has 0 bridgehead atoms. The molecule has 1 saturated heterocycles. The van der Waals surface area contributed by atoms with Crippen molar-refractivity contribution >= 4 is 6.09 Å². The fourth-order valence-corrected chi connectivity index (χ4v) is 2.18. The highest BCUT2D eigenvalue weighted by atomic mass is 16.5. The van der Waals surface area contributed by atoms with E-state index in [0.717, 1.165) is 17.0 Å². The molecule has 1 aliphatic rings. The molecule has 1 fully saturated rings. The SMILES string of the molecule is [CH2][NH+]1CCC(NC(=O)OCc2ccccc2)C(O)C1. The van der Waals surface area contributed by atoms with Gasteiger partial charge >= 0.3 is 6.09 Å². The van der Waals surface area contributed by atoms with E-state index in [1.807, 2.05) is 30.3 Å². The molecular formula is C14H20N2O3+. The highest BCUT2D eigenvalue weighted by Crippen LogP contribution is 2.04. The lowest BCUT2D eigenvalue weighted by molar-refractivity contribution is -0.863. The Morgan fingerprint density at radius 2 is 2.21 bits per heavy atom. The van der Waals surface area contributed by atoms with E-state index < -0.39 is 12.2 Å². The van der Waals surface area contributed by atoms with Crippen LogP contribution < -0.4 is 10.2 Å². The van der Waals surface area contributed by atoms with E-state index in [4.69, 9.17) is 4.74 Å². The zero-order valence-electron chi connectivity index (χ0n) is 10.8. The summed E-state index contributed by atoms with van der Waals surface area (Å²) >= 11 is 0. The topological polar surface area (TPSA) is 63.0 Å². The van der Waals surface area contributed by atoms with Crippen LogP contribution in [0.1, 0.15) is 12.0 Å². The van der Waals surface area contributed by atoms with Gasteiger partial charge in [-0.15, -0.1) is 0 Å². The van der Waals surface area contributed by atoms with Crippen LogP contribution in [0.2, 0.25) is 0 Å². The third-order valence-corrected chi connectivity index (χ3v) is 3.29. The Bertz CT molecular complexity index is 410. The summed E-state index contributed by atoms with van der Waals surface area (Å²) in [4.78, 5) is 12.7. The summed E-state index contributed by atoms with van der Waals surface area (Å²) in [5.41, 5.74) is 0.940. The molecule has 0 aromatic heterocycles. The normalized spacial score (nSPS) is 26.7. The van der Waals surface area contributed by atoms with Crippen LogP contribution in [0.25, 0.3) is 0 Å². The first-order valence-electron chi connectivity index (χ1n) is 6.47. The number of hydrogen-bond donors (Lipinski definition) is 3. The lowest BCUT2D eigenvalue weighted by Gasteiger charge is -2.31. The lowest BCUT2D eigenvalue weighted by atomic mass is 10.0. The highest BCUT2D eigenvalue weighted by molar-refractivity contribution is 5.67. The molecule has 1 amide bonds. The highest BCUT2D eigenvalue weighted by Gasteiger charge is 2.30. The first-order chi connectivity index (χ1) is 9.15. The summed E-state index contributed by atoms with van der Waals surface area (Å²) in [7, 11) is 3.85. The van der Waals surface area contributed by atoms with Crippen molar-refractivity contribution in [1.29, 1.82) is 0 Å². The monoisotopic (exact) mass is 264 g/mol. The van der Waals surface area contributed by atoms with Crippen LogP contribution in [0.4, 0.5) is 4.79 Å². The number of aliphatic hydroxyl groups is 1. The maximum atomic E-state index is 11.6. The first-order valence-corrected chi connectivity index (χ1v) is 6.47. The lowest BCUT2D eigenvalue weighted by Crippen LogP contribution is -3.10. The maximum Gasteiger partial charge on any atom is 0.407 e. The molecule has 1 heterocycles. The number of aliphatic hydroxyl groups excluding tert-OH is 1. The van der Waals surface area contributed by atoms with Gasteiger partial charge in [-0.25, -0.2) is 4.79 Å². The standard InChI is InChI=1S/C14H20N2O3/c1-16-8-7-12(13(17)9-16)15-14(18)19-10-11-5-3-2-4-6-11/h2-6,12-13,16-17H,1,7-10H2,(H,15,18)/q+1. The third kappa shape index (κ3) is 4.22. The van der Waals surface area contributed by atoms with Crippen molar-refractivity contribution in [1.82, 2.24) is 5.32 Å².